The summed E-state index contributed by atoms with van der Waals surface area (Å²) in [5.74, 6) is 0.0578. The van der Waals surface area contributed by atoms with Crippen molar-refractivity contribution in [1.29, 1.82) is 0 Å². The van der Waals surface area contributed by atoms with E-state index in [1.165, 1.54) is 6.42 Å². The van der Waals surface area contributed by atoms with Gasteiger partial charge in [-0.2, -0.15) is 0 Å². The number of aromatic nitrogens is 1. The molecule has 1 fully saturated rings. The Morgan fingerprint density at radius 1 is 1.50 bits per heavy atom. The zero-order valence-electron chi connectivity index (χ0n) is 12.1. The SMILES string of the molecule is CCN(C(C)=O)c1nc(CN2CCCNCC2)cs1.Cl. The number of amides is 1. The average molecular weight is 319 g/mol. The number of carbonyl (C=O) groups is 1. The van der Waals surface area contributed by atoms with Gasteiger partial charge in [0.2, 0.25) is 5.91 Å². The Hall–Kier alpha value is -0.690. The van der Waals surface area contributed by atoms with E-state index in [0.29, 0.717) is 6.54 Å². The van der Waals surface area contributed by atoms with E-state index >= 15 is 0 Å². The highest BCUT2D eigenvalue weighted by atomic mass is 35.5. The van der Waals surface area contributed by atoms with Crippen molar-refractivity contribution < 1.29 is 4.79 Å². The van der Waals surface area contributed by atoms with Gasteiger partial charge in [-0.05, 0) is 26.4 Å². The summed E-state index contributed by atoms with van der Waals surface area (Å²) in [5, 5.41) is 6.28. The zero-order chi connectivity index (χ0) is 13.7. The van der Waals surface area contributed by atoms with E-state index in [0.717, 1.165) is 43.5 Å². The lowest BCUT2D eigenvalue weighted by Crippen LogP contribution is -2.29. The normalized spacial score (nSPS) is 16.3. The largest absolute Gasteiger partial charge is 0.315 e. The molecule has 0 unspecified atom stereocenters. The predicted octanol–water partition coefficient (Wildman–Crippen LogP) is 1.73. The number of halogens is 1. The van der Waals surface area contributed by atoms with Crippen LogP contribution in [0.4, 0.5) is 5.13 Å². The van der Waals surface area contributed by atoms with Crippen molar-refractivity contribution in [1.82, 2.24) is 15.2 Å². The number of rotatable bonds is 4. The van der Waals surface area contributed by atoms with E-state index in [9.17, 15) is 4.79 Å². The lowest BCUT2D eigenvalue weighted by atomic mass is 10.3. The first-order chi connectivity index (χ1) is 9.20. The van der Waals surface area contributed by atoms with Crippen LogP contribution in [0.15, 0.2) is 5.38 Å². The van der Waals surface area contributed by atoms with Crippen molar-refractivity contribution in [3.8, 4) is 0 Å². The quantitative estimate of drug-likeness (QED) is 0.918. The van der Waals surface area contributed by atoms with E-state index in [2.05, 4.69) is 20.6 Å². The summed E-state index contributed by atoms with van der Waals surface area (Å²) in [7, 11) is 0. The van der Waals surface area contributed by atoms with Gasteiger partial charge in [-0.15, -0.1) is 23.7 Å². The molecule has 114 valence electrons. The maximum atomic E-state index is 11.5. The van der Waals surface area contributed by atoms with E-state index in [1.54, 1.807) is 23.2 Å². The summed E-state index contributed by atoms with van der Waals surface area (Å²) >= 11 is 1.56. The molecule has 1 aromatic heterocycles. The third-order valence-corrected chi connectivity index (χ3v) is 4.20. The van der Waals surface area contributed by atoms with E-state index in [4.69, 9.17) is 0 Å². The number of hydrogen-bond donors (Lipinski definition) is 1. The monoisotopic (exact) mass is 318 g/mol. The third-order valence-electron chi connectivity index (χ3n) is 3.29. The molecule has 1 N–H and O–H groups in total. The van der Waals surface area contributed by atoms with E-state index in [1.807, 2.05) is 6.92 Å². The summed E-state index contributed by atoms with van der Waals surface area (Å²) in [6.07, 6.45) is 1.19. The van der Waals surface area contributed by atoms with Crippen LogP contribution in [0.25, 0.3) is 0 Å². The van der Waals surface area contributed by atoms with Gasteiger partial charge in [0.25, 0.3) is 0 Å². The molecule has 0 radical (unpaired) electrons. The molecule has 1 saturated heterocycles. The lowest BCUT2D eigenvalue weighted by Gasteiger charge is -2.18. The van der Waals surface area contributed by atoms with Crippen LogP contribution in [0.2, 0.25) is 0 Å². The maximum Gasteiger partial charge on any atom is 0.225 e. The molecular formula is C13H23ClN4OS. The molecule has 0 spiro atoms. The first-order valence-electron chi connectivity index (χ1n) is 6.86. The van der Waals surface area contributed by atoms with E-state index < -0.39 is 0 Å². The number of thiazole rings is 1. The summed E-state index contributed by atoms with van der Waals surface area (Å²) in [4.78, 5) is 20.2. The van der Waals surface area contributed by atoms with Crippen molar-refractivity contribution in [2.24, 2.45) is 0 Å². The fraction of sp³-hybridized carbons (Fsp3) is 0.692. The first-order valence-corrected chi connectivity index (χ1v) is 7.74. The van der Waals surface area contributed by atoms with Crippen molar-refractivity contribution in [2.45, 2.75) is 26.8 Å². The van der Waals surface area contributed by atoms with Gasteiger partial charge < -0.3 is 5.32 Å². The second-order valence-corrected chi connectivity index (χ2v) is 5.60. The van der Waals surface area contributed by atoms with Gasteiger partial charge in [0.05, 0.1) is 5.69 Å². The van der Waals surface area contributed by atoms with Crippen LogP contribution in [0, 0.1) is 0 Å². The van der Waals surface area contributed by atoms with Crippen LogP contribution in [0.5, 0.6) is 0 Å². The van der Waals surface area contributed by atoms with Gasteiger partial charge in [-0.3, -0.25) is 14.6 Å². The van der Waals surface area contributed by atoms with Crippen LogP contribution in [0.1, 0.15) is 26.0 Å². The highest BCUT2D eigenvalue weighted by Crippen LogP contribution is 2.21. The van der Waals surface area contributed by atoms with Crippen LogP contribution in [-0.4, -0.2) is 48.5 Å². The molecular weight excluding hydrogens is 296 g/mol. The molecule has 1 aliphatic rings. The number of hydrogen-bond acceptors (Lipinski definition) is 5. The van der Waals surface area contributed by atoms with Gasteiger partial charge in [0.1, 0.15) is 0 Å². The van der Waals surface area contributed by atoms with Gasteiger partial charge in [-0.1, -0.05) is 0 Å². The Morgan fingerprint density at radius 2 is 2.30 bits per heavy atom. The number of nitrogens with zero attached hydrogens (tertiary/aromatic N) is 3. The lowest BCUT2D eigenvalue weighted by molar-refractivity contribution is -0.116. The van der Waals surface area contributed by atoms with Gasteiger partial charge in [0, 0.05) is 38.5 Å². The summed E-state index contributed by atoms with van der Waals surface area (Å²) in [6, 6.07) is 0. The highest BCUT2D eigenvalue weighted by Gasteiger charge is 2.15. The molecule has 0 bridgehead atoms. The van der Waals surface area contributed by atoms with Crippen molar-refractivity contribution in [3.05, 3.63) is 11.1 Å². The predicted molar refractivity (Wildman–Crippen MR) is 85.8 cm³/mol. The molecule has 0 aliphatic carbocycles. The standard InChI is InChI=1S/C13H22N4OS.ClH/c1-3-17(11(2)18)13-15-12(10-19-13)9-16-7-4-5-14-6-8-16;/h10,14H,3-9H2,1-2H3;1H. The Labute approximate surface area is 130 Å². The third kappa shape index (κ3) is 4.70. The molecule has 2 heterocycles. The maximum absolute atomic E-state index is 11.5. The summed E-state index contributed by atoms with van der Waals surface area (Å²) < 4.78 is 0. The van der Waals surface area contributed by atoms with Crippen LogP contribution >= 0.6 is 23.7 Å². The molecule has 20 heavy (non-hydrogen) atoms. The summed E-state index contributed by atoms with van der Waals surface area (Å²) in [5.41, 5.74) is 1.07. The molecule has 5 nitrogen and oxygen atoms in total. The molecule has 7 heteroatoms. The Bertz CT molecular complexity index is 418. The molecule has 0 aromatic carbocycles. The molecule has 0 saturated carbocycles. The molecule has 0 atom stereocenters. The van der Waals surface area contributed by atoms with Crippen LogP contribution < -0.4 is 10.2 Å². The van der Waals surface area contributed by atoms with Crippen molar-refractivity contribution in [2.75, 3.05) is 37.6 Å². The van der Waals surface area contributed by atoms with Crippen LogP contribution in [0.3, 0.4) is 0 Å². The topological polar surface area (TPSA) is 48.5 Å². The van der Waals surface area contributed by atoms with Gasteiger partial charge in [-0.25, -0.2) is 4.98 Å². The minimum atomic E-state index is 0. The van der Waals surface area contributed by atoms with Crippen molar-refractivity contribution in [3.63, 3.8) is 0 Å². The Kier molecular flexibility index (Phi) is 7.43. The summed E-state index contributed by atoms with van der Waals surface area (Å²) in [6.45, 7) is 9.46. The van der Waals surface area contributed by atoms with Gasteiger partial charge >= 0.3 is 0 Å². The fourth-order valence-electron chi connectivity index (χ4n) is 2.27. The van der Waals surface area contributed by atoms with E-state index in [-0.39, 0.29) is 18.3 Å². The molecule has 1 aromatic rings. The smallest absolute Gasteiger partial charge is 0.225 e. The highest BCUT2D eigenvalue weighted by molar-refractivity contribution is 7.14. The number of anilines is 1. The van der Waals surface area contributed by atoms with Crippen molar-refractivity contribution >= 4 is 34.8 Å². The average Bonchev–Trinajstić information content (AvgIpc) is 2.66. The minimum absolute atomic E-state index is 0. The zero-order valence-corrected chi connectivity index (χ0v) is 13.7. The Balaban J connectivity index is 0.00000200. The molecule has 1 aliphatic heterocycles. The molecule has 2 rings (SSSR count). The second kappa shape index (κ2) is 8.56. The first kappa shape index (κ1) is 17.4. The number of carbonyl (C=O) groups excluding carboxylic acids is 1. The second-order valence-electron chi connectivity index (χ2n) is 4.76. The number of nitrogens with one attached hydrogen (secondary N) is 1. The fourth-order valence-corrected chi connectivity index (χ4v) is 3.20. The Morgan fingerprint density at radius 3 is 3.00 bits per heavy atom. The molecule has 1 amide bonds. The van der Waals surface area contributed by atoms with Crippen LogP contribution in [-0.2, 0) is 11.3 Å². The van der Waals surface area contributed by atoms with Gasteiger partial charge in [0.15, 0.2) is 5.13 Å². The minimum Gasteiger partial charge on any atom is -0.315 e.